The number of benzene rings is 1. The van der Waals surface area contributed by atoms with Gasteiger partial charge in [0, 0.05) is 16.7 Å². The molecule has 1 aromatic carbocycles. The smallest absolute Gasteiger partial charge is 0.235 e. The van der Waals surface area contributed by atoms with Crippen molar-refractivity contribution in [3.8, 4) is 0 Å². The second kappa shape index (κ2) is 7.08. The molecule has 7 heteroatoms. The molecule has 3 N–H and O–H groups in total. The summed E-state index contributed by atoms with van der Waals surface area (Å²) in [6, 6.07) is 4.40. The third kappa shape index (κ3) is 5.13. The lowest BCUT2D eigenvalue weighted by atomic mass is 10.1. The van der Waals surface area contributed by atoms with Gasteiger partial charge in [0.2, 0.25) is 5.91 Å². The molecule has 0 aliphatic heterocycles. The minimum atomic E-state index is -3.67. The Morgan fingerprint density at radius 3 is 2.60 bits per heavy atom. The first-order valence-electron chi connectivity index (χ1n) is 6.27. The fourth-order valence-electron chi connectivity index (χ4n) is 1.57. The highest BCUT2D eigenvalue weighted by atomic mass is 79.9. The van der Waals surface area contributed by atoms with Gasteiger partial charge in [-0.1, -0.05) is 13.8 Å². The molecule has 112 valence electrons. The SMILES string of the molecule is CC(C)CCNC(=O)CS(=O)(=O)c1ccc(N)cc1Br. The van der Waals surface area contributed by atoms with Crippen molar-refractivity contribution < 1.29 is 13.2 Å². The highest BCUT2D eigenvalue weighted by Crippen LogP contribution is 2.25. The molecule has 0 saturated heterocycles. The van der Waals surface area contributed by atoms with Gasteiger partial charge in [-0.05, 0) is 46.5 Å². The number of rotatable bonds is 6. The fraction of sp³-hybridized carbons (Fsp3) is 0.462. The quantitative estimate of drug-likeness (QED) is 0.757. The first-order chi connectivity index (χ1) is 9.22. The number of anilines is 1. The van der Waals surface area contributed by atoms with E-state index in [1.165, 1.54) is 18.2 Å². The summed E-state index contributed by atoms with van der Waals surface area (Å²) < 4.78 is 24.6. The van der Waals surface area contributed by atoms with E-state index in [1.54, 1.807) is 0 Å². The van der Waals surface area contributed by atoms with Gasteiger partial charge in [-0.15, -0.1) is 0 Å². The lowest BCUT2D eigenvalue weighted by Gasteiger charge is -2.09. The van der Waals surface area contributed by atoms with Crippen LogP contribution < -0.4 is 11.1 Å². The van der Waals surface area contributed by atoms with Gasteiger partial charge in [-0.3, -0.25) is 4.79 Å². The Bertz CT molecular complexity index is 585. The molecule has 0 aliphatic rings. The summed E-state index contributed by atoms with van der Waals surface area (Å²) in [6.45, 7) is 4.55. The number of hydrogen-bond donors (Lipinski definition) is 2. The molecule has 0 heterocycles. The number of sulfone groups is 1. The van der Waals surface area contributed by atoms with E-state index >= 15 is 0 Å². The Balaban J connectivity index is 2.72. The van der Waals surface area contributed by atoms with E-state index in [2.05, 4.69) is 21.2 Å². The van der Waals surface area contributed by atoms with Gasteiger partial charge in [-0.25, -0.2) is 8.42 Å². The van der Waals surface area contributed by atoms with Crippen molar-refractivity contribution in [2.45, 2.75) is 25.2 Å². The van der Waals surface area contributed by atoms with Crippen molar-refractivity contribution in [3.63, 3.8) is 0 Å². The molecule has 1 amide bonds. The summed E-state index contributed by atoms with van der Waals surface area (Å²) in [7, 11) is -3.67. The Labute approximate surface area is 128 Å². The number of amides is 1. The molecule has 0 bridgehead atoms. The molecule has 0 aromatic heterocycles. The topological polar surface area (TPSA) is 89.3 Å². The molecule has 1 rings (SSSR count). The Hall–Kier alpha value is -1.08. The molecule has 0 aliphatic carbocycles. The predicted octanol–water partition coefficient (Wildman–Crippen LogP) is 1.97. The van der Waals surface area contributed by atoms with E-state index in [4.69, 9.17) is 5.73 Å². The van der Waals surface area contributed by atoms with Gasteiger partial charge >= 0.3 is 0 Å². The van der Waals surface area contributed by atoms with Crippen LogP contribution in [0.4, 0.5) is 5.69 Å². The summed E-state index contributed by atoms with van der Waals surface area (Å²) in [5.74, 6) is -0.597. The minimum absolute atomic E-state index is 0.0747. The second-order valence-corrected chi connectivity index (χ2v) is 7.79. The number of carbonyl (C=O) groups excluding carboxylic acids is 1. The first kappa shape index (κ1) is 17.0. The number of halogens is 1. The molecular weight excluding hydrogens is 344 g/mol. The van der Waals surface area contributed by atoms with Gasteiger partial charge in [0.1, 0.15) is 5.75 Å². The van der Waals surface area contributed by atoms with Crippen molar-refractivity contribution >= 4 is 37.4 Å². The molecule has 0 radical (unpaired) electrons. The summed E-state index contributed by atoms with van der Waals surface area (Å²) in [4.78, 5) is 11.7. The molecular formula is C13H19BrN2O3S. The largest absolute Gasteiger partial charge is 0.399 e. The summed E-state index contributed by atoms with van der Waals surface area (Å²) >= 11 is 3.15. The van der Waals surface area contributed by atoms with Crippen molar-refractivity contribution in [1.82, 2.24) is 5.32 Å². The average Bonchev–Trinajstić information content (AvgIpc) is 2.26. The second-order valence-electron chi connectivity index (χ2n) is 4.98. The van der Waals surface area contributed by atoms with Crippen molar-refractivity contribution in [2.75, 3.05) is 18.0 Å². The lowest BCUT2D eigenvalue weighted by Crippen LogP contribution is -2.31. The van der Waals surface area contributed by atoms with Crippen molar-refractivity contribution in [3.05, 3.63) is 22.7 Å². The third-order valence-corrected chi connectivity index (χ3v) is 5.24. The zero-order valence-electron chi connectivity index (χ0n) is 11.5. The van der Waals surface area contributed by atoms with Gasteiger partial charge in [0.15, 0.2) is 9.84 Å². The van der Waals surface area contributed by atoms with E-state index in [-0.39, 0.29) is 4.90 Å². The molecule has 0 saturated carbocycles. The van der Waals surface area contributed by atoms with Crippen molar-refractivity contribution in [2.24, 2.45) is 5.92 Å². The molecule has 0 unspecified atom stereocenters. The van der Waals surface area contributed by atoms with Gasteiger partial charge in [-0.2, -0.15) is 0 Å². The van der Waals surface area contributed by atoms with Crippen LogP contribution in [0.1, 0.15) is 20.3 Å². The van der Waals surface area contributed by atoms with E-state index in [9.17, 15) is 13.2 Å². The van der Waals surface area contributed by atoms with E-state index < -0.39 is 21.5 Å². The fourth-order valence-corrected chi connectivity index (χ4v) is 3.94. The molecule has 1 aromatic rings. The van der Waals surface area contributed by atoms with Crippen LogP contribution in [0.25, 0.3) is 0 Å². The Morgan fingerprint density at radius 2 is 2.05 bits per heavy atom. The maximum absolute atomic E-state index is 12.1. The summed E-state index contributed by atoms with van der Waals surface area (Å²) in [5, 5.41) is 2.61. The molecule has 0 spiro atoms. The van der Waals surface area contributed by atoms with Crippen LogP contribution in [-0.2, 0) is 14.6 Å². The van der Waals surface area contributed by atoms with Crippen LogP contribution >= 0.6 is 15.9 Å². The van der Waals surface area contributed by atoms with Crippen molar-refractivity contribution in [1.29, 1.82) is 0 Å². The number of nitrogens with two attached hydrogens (primary N) is 1. The van der Waals surface area contributed by atoms with E-state index in [0.29, 0.717) is 22.6 Å². The number of hydrogen-bond acceptors (Lipinski definition) is 4. The maximum Gasteiger partial charge on any atom is 0.235 e. The zero-order chi connectivity index (χ0) is 15.3. The average molecular weight is 363 g/mol. The lowest BCUT2D eigenvalue weighted by molar-refractivity contribution is -0.118. The maximum atomic E-state index is 12.1. The van der Waals surface area contributed by atoms with Crippen LogP contribution in [0.2, 0.25) is 0 Å². The molecule has 5 nitrogen and oxygen atoms in total. The normalized spacial score (nSPS) is 11.6. The standard InChI is InChI=1S/C13H19BrN2O3S/c1-9(2)5-6-16-13(17)8-20(18,19)12-4-3-10(15)7-11(12)14/h3-4,7,9H,5-6,8,15H2,1-2H3,(H,16,17). The van der Waals surface area contributed by atoms with Crippen LogP contribution in [0, 0.1) is 5.92 Å². The predicted molar refractivity (Wildman–Crippen MR) is 83.1 cm³/mol. The minimum Gasteiger partial charge on any atom is -0.399 e. The van der Waals surface area contributed by atoms with Gasteiger partial charge in [0.05, 0.1) is 4.90 Å². The Kier molecular flexibility index (Phi) is 6.01. The first-order valence-corrected chi connectivity index (χ1v) is 8.71. The molecule has 20 heavy (non-hydrogen) atoms. The Morgan fingerprint density at radius 1 is 1.40 bits per heavy atom. The summed E-state index contributed by atoms with van der Waals surface area (Å²) in [6.07, 6.45) is 0.817. The third-order valence-electron chi connectivity index (χ3n) is 2.66. The highest BCUT2D eigenvalue weighted by Gasteiger charge is 2.21. The van der Waals surface area contributed by atoms with Crippen LogP contribution in [0.3, 0.4) is 0 Å². The molecule has 0 fully saturated rings. The number of nitrogens with one attached hydrogen (secondary N) is 1. The monoisotopic (exact) mass is 362 g/mol. The molecule has 0 atom stereocenters. The zero-order valence-corrected chi connectivity index (χ0v) is 13.9. The summed E-state index contributed by atoms with van der Waals surface area (Å²) in [5.41, 5.74) is 6.02. The van der Waals surface area contributed by atoms with Crippen LogP contribution in [0.5, 0.6) is 0 Å². The van der Waals surface area contributed by atoms with Crippen LogP contribution in [0.15, 0.2) is 27.6 Å². The van der Waals surface area contributed by atoms with E-state index in [1.807, 2.05) is 13.8 Å². The number of carbonyl (C=O) groups is 1. The van der Waals surface area contributed by atoms with Gasteiger partial charge < -0.3 is 11.1 Å². The van der Waals surface area contributed by atoms with E-state index in [0.717, 1.165) is 6.42 Å². The number of nitrogen functional groups attached to an aromatic ring is 1. The van der Waals surface area contributed by atoms with Crippen LogP contribution in [-0.4, -0.2) is 26.6 Å². The highest BCUT2D eigenvalue weighted by molar-refractivity contribution is 9.10. The van der Waals surface area contributed by atoms with Gasteiger partial charge in [0.25, 0.3) is 0 Å².